The first-order chi connectivity index (χ1) is 10.2. The van der Waals surface area contributed by atoms with Gasteiger partial charge >= 0.3 is 0 Å². The minimum Gasteiger partial charge on any atom is -0.311 e. The predicted octanol–water partition coefficient (Wildman–Crippen LogP) is 3.88. The van der Waals surface area contributed by atoms with E-state index in [0.29, 0.717) is 12.1 Å². The van der Waals surface area contributed by atoms with Gasteiger partial charge in [-0.1, -0.05) is 39.0 Å². The summed E-state index contributed by atoms with van der Waals surface area (Å²) in [6.45, 7) is 10.5. The lowest BCUT2D eigenvalue weighted by atomic mass is 9.98. The van der Waals surface area contributed by atoms with E-state index >= 15 is 0 Å². The van der Waals surface area contributed by atoms with Crippen LogP contribution in [0.1, 0.15) is 33.6 Å². The zero-order chi connectivity index (χ0) is 15.1. The number of nitrogens with one attached hydrogen (secondary N) is 1. The molecule has 0 saturated carbocycles. The Hall–Kier alpha value is -0.510. The molecule has 2 rings (SSSR count). The molecule has 2 nitrogen and oxygen atoms in total. The van der Waals surface area contributed by atoms with Gasteiger partial charge in [0, 0.05) is 42.4 Å². The van der Waals surface area contributed by atoms with Crippen LogP contribution >= 0.6 is 11.8 Å². The smallest absolute Gasteiger partial charge is 0.0224 e. The van der Waals surface area contributed by atoms with Gasteiger partial charge in [-0.2, -0.15) is 0 Å². The fourth-order valence-corrected chi connectivity index (χ4v) is 3.96. The molecular formula is C18H30N2S. The molecule has 1 aromatic carbocycles. The van der Waals surface area contributed by atoms with Crippen molar-refractivity contribution in [2.75, 3.05) is 25.4 Å². The van der Waals surface area contributed by atoms with Gasteiger partial charge in [-0.05, 0) is 30.9 Å². The minimum absolute atomic E-state index is 0.676. The second-order valence-electron chi connectivity index (χ2n) is 6.45. The van der Waals surface area contributed by atoms with E-state index in [9.17, 15) is 0 Å². The average molecular weight is 307 g/mol. The van der Waals surface area contributed by atoms with E-state index in [0.717, 1.165) is 12.5 Å². The lowest BCUT2D eigenvalue weighted by Gasteiger charge is -2.41. The first kappa shape index (κ1) is 16.9. The molecule has 1 fully saturated rings. The van der Waals surface area contributed by atoms with Gasteiger partial charge in [0.2, 0.25) is 0 Å². The molecule has 1 N–H and O–H groups in total. The SMILES string of the molecule is CCC1CN(CCSc2ccccc2)C(CC(C)C)CN1. The number of rotatable bonds is 7. The summed E-state index contributed by atoms with van der Waals surface area (Å²) in [7, 11) is 0. The quantitative estimate of drug-likeness (QED) is 0.770. The summed E-state index contributed by atoms with van der Waals surface area (Å²) in [6.07, 6.45) is 2.54. The van der Waals surface area contributed by atoms with Crippen LogP contribution in [0, 0.1) is 5.92 Å². The summed E-state index contributed by atoms with van der Waals surface area (Å²) < 4.78 is 0. The van der Waals surface area contributed by atoms with Crippen molar-refractivity contribution in [3.05, 3.63) is 30.3 Å². The Labute approximate surface area is 134 Å². The van der Waals surface area contributed by atoms with Gasteiger partial charge < -0.3 is 5.32 Å². The summed E-state index contributed by atoms with van der Waals surface area (Å²) in [4.78, 5) is 4.11. The molecule has 0 aromatic heterocycles. The molecular weight excluding hydrogens is 276 g/mol. The standard InChI is InChI=1S/C18H30N2S/c1-4-16-14-20(17(13-19-16)12-15(2)3)10-11-21-18-8-6-5-7-9-18/h5-9,15-17,19H,4,10-14H2,1-3H3. The number of benzene rings is 1. The Balaban J connectivity index is 1.83. The lowest BCUT2D eigenvalue weighted by Crippen LogP contribution is -2.57. The van der Waals surface area contributed by atoms with Crippen LogP contribution in [0.2, 0.25) is 0 Å². The highest BCUT2D eigenvalue weighted by atomic mass is 32.2. The summed E-state index contributed by atoms with van der Waals surface area (Å²) in [5.74, 6) is 1.97. The van der Waals surface area contributed by atoms with E-state index < -0.39 is 0 Å². The molecule has 1 saturated heterocycles. The Morgan fingerprint density at radius 1 is 1.29 bits per heavy atom. The predicted molar refractivity (Wildman–Crippen MR) is 94.1 cm³/mol. The van der Waals surface area contributed by atoms with Crippen LogP contribution in [-0.4, -0.2) is 42.4 Å². The number of hydrogen-bond acceptors (Lipinski definition) is 3. The zero-order valence-corrected chi connectivity index (χ0v) is 14.5. The molecule has 0 bridgehead atoms. The third-order valence-corrected chi connectivity index (χ3v) is 5.23. The van der Waals surface area contributed by atoms with Gasteiger partial charge in [0.25, 0.3) is 0 Å². The topological polar surface area (TPSA) is 15.3 Å². The third-order valence-electron chi connectivity index (χ3n) is 4.24. The van der Waals surface area contributed by atoms with E-state index in [2.05, 4.69) is 61.3 Å². The molecule has 1 aromatic rings. The van der Waals surface area contributed by atoms with Crippen molar-refractivity contribution < 1.29 is 0 Å². The van der Waals surface area contributed by atoms with Crippen LogP contribution in [0.15, 0.2) is 35.2 Å². The summed E-state index contributed by atoms with van der Waals surface area (Å²) in [6, 6.07) is 12.2. The zero-order valence-electron chi connectivity index (χ0n) is 13.7. The van der Waals surface area contributed by atoms with Crippen molar-refractivity contribution >= 4 is 11.8 Å². The van der Waals surface area contributed by atoms with Crippen LogP contribution in [0.3, 0.4) is 0 Å². The van der Waals surface area contributed by atoms with Crippen molar-refractivity contribution in [3.8, 4) is 0 Å². The molecule has 0 aliphatic carbocycles. The molecule has 1 heterocycles. The highest BCUT2D eigenvalue weighted by molar-refractivity contribution is 7.99. The summed E-state index contributed by atoms with van der Waals surface area (Å²) in [5, 5.41) is 3.71. The van der Waals surface area contributed by atoms with Crippen LogP contribution in [0.4, 0.5) is 0 Å². The van der Waals surface area contributed by atoms with E-state index in [1.807, 2.05) is 11.8 Å². The van der Waals surface area contributed by atoms with E-state index in [1.165, 1.54) is 36.6 Å². The highest BCUT2D eigenvalue weighted by Gasteiger charge is 2.26. The molecule has 3 heteroatoms. The van der Waals surface area contributed by atoms with Crippen molar-refractivity contribution in [1.82, 2.24) is 10.2 Å². The molecule has 0 amide bonds. The monoisotopic (exact) mass is 306 g/mol. The van der Waals surface area contributed by atoms with Crippen molar-refractivity contribution in [2.45, 2.75) is 50.6 Å². The van der Waals surface area contributed by atoms with E-state index in [4.69, 9.17) is 0 Å². The molecule has 2 atom stereocenters. The summed E-state index contributed by atoms with van der Waals surface area (Å²) in [5.41, 5.74) is 0. The second kappa shape index (κ2) is 8.82. The summed E-state index contributed by atoms with van der Waals surface area (Å²) >= 11 is 1.98. The Kier molecular flexibility index (Phi) is 7.08. The average Bonchev–Trinajstić information content (AvgIpc) is 2.49. The maximum Gasteiger partial charge on any atom is 0.0224 e. The van der Waals surface area contributed by atoms with Gasteiger partial charge in [0.1, 0.15) is 0 Å². The normalized spacial score (nSPS) is 23.6. The van der Waals surface area contributed by atoms with Crippen LogP contribution in [-0.2, 0) is 0 Å². The van der Waals surface area contributed by atoms with Crippen molar-refractivity contribution in [3.63, 3.8) is 0 Å². The van der Waals surface area contributed by atoms with Gasteiger partial charge in [-0.3, -0.25) is 4.90 Å². The fourth-order valence-electron chi connectivity index (χ4n) is 3.05. The van der Waals surface area contributed by atoms with Crippen LogP contribution in [0.25, 0.3) is 0 Å². The molecule has 1 aliphatic rings. The first-order valence-corrected chi connectivity index (χ1v) is 9.33. The maximum absolute atomic E-state index is 3.71. The second-order valence-corrected chi connectivity index (χ2v) is 7.62. The molecule has 2 unspecified atom stereocenters. The van der Waals surface area contributed by atoms with Crippen LogP contribution in [0.5, 0.6) is 0 Å². The third kappa shape index (κ3) is 5.65. The van der Waals surface area contributed by atoms with Gasteiger partial charge in [-0.25, -0.2) is 0 Å². The fraction of sp³-hybridized carbons (Fsp3) is 0.667. The number of hydrogen-bond donors (Lipinski definition) is 1. The largest absolute Gasteiger partial charge is 0.311 e. The number of thioether (sulfide) groups is 1. The molecule has 21 heavy (non-hydrogen) atoms. The molecule has 1 aliphatic heterocycles. The molecule has 0 spiro atoms. The Morgan fingerprint density at radius 2 is 2.05 bits per heavy atom. The van der Waals surface area contributed by atoms with E-state index in [1.54, 1.807) is 0 Å². The van der Waals surface area contributed by atoms with Crippen molar-refractivity contribution in [1.29, 1.82) is 0 Å². The number of piperazine rings is 1. The molecule has 0 radical (unpaired) electrons. The minimum atomic E-state index is 0.676. The first-order valence-electron chi connectivity index (χ1n) is 8.34. The Bertz CT molecular complexity index is 393. The molecule has 118 valence electrons. The van der Waals surface area contributed by atoms with Crippen molar-refractivity contribution in [2.24, 2.45) is 5.92 Å². The van der Waals surface area contributed by atoms with Crippen LogP contribution < -0.4 is 5.32 Å². The maximum atomic E-state index is 3.71. The highest BCUT2D eigenvalue weighted by Crippen LogP contribution is 2.20. The Morgan fingerprint density at radius 3 is 2.71 bits per heavy atom. The van der Waals surface area contributed by atoms with E-state index in [-0.39, 0.29) is 0 Å². The van der Waals surface area contributed by atoms with Gasteiger partial charge in [-0.15, -0.1) is 11.8 Å². The lowest BCUT2D eigenvalue weighted by molar-refractivity contribution is 0.120. The van der Waals surface area contributed by atoms with Gasteiger partial charge in [0.05, 0.1) is 0 Å². The number of nitrogens with zero attached hydrogens (tertiary/aromatic N) is 1. The van der Waals surface area contributed by atoms with Gasteiger partial charge in [0.15, 0.2) is 0 Å².